The van der Waals surface area contributed by atoms with Gasteiger partial charge in [-0.25, -0.2) is 0 Å². The molecule has 0 fully saturated rings. The summed E-state index contributed by atoms with van der Waals surface area (Å²) in [5.41, 5.74) is 0.467. The number of anilines is 1. The number of aromatic hydroxyl groups is 1. The van der Waals surface area contributed by atoms with E-state index in [1.165, 1.54) is 0 Å². The molecule has 0 saturated carbocycles. The van der Waals surface area contributed by atoms with Gasteiger partial charge in [-0.05, 0) is 30.7 Å². The number of amides is 1. The maximum absolute atomic E-state index is 12.2. The van der Waals surface area contributed by atoms with Crippen molar-refractivity contribution in [3.8, 4) is 5.75 Å². The third-order valence-corrected chi connectivity index (χ3v) is 3.20. The van der Waals surface area contributed by atoms with Crippen molar-refractivity contribution in [2.24, 2.45) is 0 Å². The SMILES string of the molecule is Cc1cccc(Cl)c1NC(=O)c1cc(O)ccc1[N+](=O)[O-]. The van der Waals surface area contributed by atoms with Crippen LogP contribution in [0.25, 0.3) is 0 Å². The van der Waals surface area contributed by atoms with Gasteiger partial charge in [0.15, 0.2) is 0 Å². The number of phenols is 1. The van der Waals surface area contributed by atoms with Crippen LogP contribution in [0.3, 0.4) is 0 Å². The van der Waals surface area contributed by atoms with Crippen LogP contribution in [0.1, 0.15) is 15.9 Å². The second-order valence-corrected chi connectivity index (χ2v) is 4.75. The van der Waals surface area contributed by atoms with Gasteiger partial charge in [-0.3, -0.25) is 14.9 Å². The first-order valence-corrected chi connectivity index (χ1v) is 6.32. The molecule has 6 nitrogen and oxygen atoms in total. The molecule has 1 amide bonds. The molecule has 2 rings (SSSR count). The zero-order chi connectivity index (χ0) is 15.6. The average molecular weight is 307 g/mol. The number of nitrogens with one attached hydrogen (secondary N) is 1. The van der Waals surface area contributed by atoms with E-state index in [1.807, 2.05) is 0 Å². The first-order valence-electron chi connectivity index (χ1n) is 5.94. The number of nitro benzene ring substituents is 1. The number of nitro groups is 1. The molecule has 0 aromatic heterocycles. The van der Waals surface area contributed by atoms with Gasteiger partial charge in [-0.2, -0.15) is 0 Å². The van der Waals surface area contributed by atoms with E-state index in [0.29, 0.717) is 10.7 Å². The number of nitrogens with zero attached hydrogens (tertiary/aromatic N) is 1. The van der Waals surface area contributed by atoms with Crippen LogP contribution >= 0.6 is 11.6 Å². The Morgan fingerprint density at radius 1 is 1.33 bits per heavy atom. The molecular formula is C14H11ClN2O4. The van der Waals surface area contributed by atoms with Crippen molar-refractivity contribution >= 4 is 28.9 Å². The smallest absolute Gasteiger partial charge is 0.282 e. The van der Waals surface area contributed by atoms with E-state index >= 15 is 0 Å². The fourth-order valence-electron chi connectivity index (χ4n) is 1.84. The molecule has 0 aliphatic carbocycles. The van der Waals surface area contributed by atoms with Crippen LogP contribution in [0.15, 0.2) is 36.4 Å². The third-order valence-electron chi connectivity index (χ3n) is 2.88. The number of halogens is 1. The van der Waals surface area contributed by atoms with Crippen LogP contribution in [0.4, 0.5) is 11.4 Å². The molecule has 0 radical (unpaired) electrons. The lowest BCUT2D eigenvalue weighted by Gasteiger charge is -2.10. The predicted molar refractivity (Wildman–Crippen MR) is 78.9 cm³/mol. The van der Waals surface area contributed by atoms with Crippen molar-refractivity contribution in [1.29, 1.82) is 0 Å². The van der Waals surface area contributed by atoms with Gasteiger partial charge in [0, 0.05) is 6.07 Å². The standard InChI is InChI=1S/C14H11ClN2O4/c1-8-3-2-4-11(15)13(8)16-14(19)10-7-9(18)5-6-12(10)17(20)21/h2-7,18H,1H3,(H,16,19). The van der Waals surface area contributed by atoms with Crippen LogP contribution < -0.4 is 5.32 Å². The van der Waals surface area contributed by atoms with E-state index < -0.39 is 16.5 Å². The van der Waals surface area contributed by atoms with Gasteiger partial charge in [-0.15, -0.1) is 0 Å². The lowest BCUT2D eigenvalue weighted by Crippen LogP contribution is -2.15. The van der Waals surface area contributed by atoms with Crippen LogP contribution in [0.2, 0.25) is 5.02 Å². The number of carbonyl (C=O) groups is 1. The van der Waals surface area contributed by atoms with Gasteiger partial charge in [0.05, 0.1) is 15.6 Å². The Morgan fingerprint density at radius 2 is 2.05 bits per heavy atom. The maximum Gasteiger partial charge on any atom is 0.282 e. The lowest BCUT2D eigenvalue weighted by molar-refractivity contribution is -0.385. The quantitative estimate of drug-likeness (QED) is 0.670. The molecule has 21 heavy (non-hydrogen) atoms. The molecular weight excluding hydrogens is 296 g/mol. The van der Waals surface area contributed by atoms with Gasteiger partial charge in [0.1, 0.15) is 11.3 Å². The zero-order valence-electron chi connectivity index (χ0n) is 11.0. The number of benzene rings is 2. The van der Waals surface area contributed by atoms with E-state index in [2.05, 4.69) is 5.32 Å². The molecule has 0 unspecified atom stereocenters. The number of phenolic OH excluding ortho intramolecular Hbond substituents is 1. The van der Waals surface area contributed by atoms with Gasteiger partial charge in [0.25, 0.3) is 11.6 Å². The average Bonchev–Trinajstić information content (AvgIpc) is 2.42. The van der Waals surface area contributed by atoms with E-state index in [4.69, 9.17) is 11.6 Å². The number of carbonyl (C=O) groups excluding carboxylic acids is 1. The van der Waals surface area contributed by atoms with Crippen molar-refractivity contribution < 1.29 is 14.8 Å². The minimum absolute atomic E-state index is 0.235. The summed E-state index contributed by atoms with van der Waals surface area (Å²) >= 11 is 6.00. The van der Waals surface area contributed by atoms with Crippen LogP contribution in [-0.4, -0.2) is 15.9 Å². The number of hydrogen-bond donors (Lipinski definition) is 2. The van der Waals surface area contributed by atoms with Gasteiger partial charge >= 0.3 is 0 Å². The topological polar surface area (TPSA) is 92.5 Å². The Labute approximate surface area is 125 Å². The third kappa shape index (κ3) is 3.11. The number of hydrogen-bond acceptors (Lipinski definition) is 4. The Kier molecular flexibility index (Phi) is 4.09. The van der Waals surface area contributed by atoms with Gasteiger partial charge in [-0.1, -0.05) is 23.7 Å². The Hall–Kier alpha value is -2.60. The Bertz CT molecular complexity index is 711. The Balaban J connectivity index is 2.41. The van der Waals surface area contributed by atoms with Crippen molar-refractivity contribution in [2.45, 2.75) is 6.92 Å². The minimum atomic E-state index is -0.714. The highest BCUT2D eigenvalue weighted by Gasteiger charge is 2.21. The second-order valence-electron chi connectivity index (χ2n) is 4.34. The van der Waals surface area contributed by atoms with Gasteiger partial charge in [0.2, 0.25) is 0 Å². The fourth-order valence-corrected chi connectivity index (χ4v) is 2.11. The summed E-state index contributed by atoms with van der Waals surface area (Å²) in [5, 5.41) is 23.2. The molecule has 0 aliphatic rings. The van der Waals surface area contributed by atoms with Crippen molar-refractivity contribution in [3.63, 3.8) is 0 Å². The van der Waals surface area contributed by atoms with Crippen LogP contribution in [-0.2, 0) is 0 Å². The fraction of sp³-hybridized carbons (Fsp3) is 0.0714. The normalized spacial score (nSPS) is 10.2. The summed E-state index contributed by atoms with van der Waals surface area (Å²) in [4.78, 5) is 22.5. The molecule has 0 saturated heterocycles. The highest BCUT2D eigenvalue weighted by molar-refractivity contribution is 6.34. The molecule has 108 valence electrons. The summed E-state index contributed by atoms with van der Waals surface area (Å²) in [7, 11) is 0. The summed E-state index contributed by atoms with van der Waals surface area (Å²) in [6.45, 7) is 1.75. The molecule has 0 spiro atoms. The zero-order valence-corrected chi connectivity index (χ0v) is 11.7. The predicted octanol–water partition coefficient (Wildman–Crippen LogP) is 3.51. The maximum atomic E-state index is 12.2. The highest BCUT2D eigenvalue weighted by atomic mass is 35.5. The summed E-state index contributed by atoms with van der Waals surface area (Å²) < 4.78 is 0. The van der Waals surface area contributed by atoms with Crippen molar-refractivity contribution in [3.05, 3.63) is 62.7 Å². The number of aryl methyl sites for hydroxylation is 1. The summed E-state index contributed by atoms with van der Waals surface area (Å²) in [5.74, 6) is -0.949. The molecule has 2 aromatic rings. The van der Waals surface area contributed by atoms with E-state index in [1.54, 1.807) is 25.1 Å². The number of para-hydroxylation sites is 1. The molecule has 2 aromatic carbocycles. The minimum Gasteiger partial charge on any atom is -0.508 e. The molecule has 7 heteroatoms. The highest BCUT2D eigenvalue weighted by Crippen LogP contribution is 2.28. The lowest BCUT2D eigenvalue weighted by atomic mass is 10.1. The van der Waals surface area contributed by atoms with Crippen molar-refractivity contribution in [1.82, 2.24) is 0 Å². The van der Waals surface area contributed by atoms with Crippen molar-refractivity contribution in [2.75, 3.05) is 5.32 Å². The van der Waals surface area contributed by atoms with Gasteiger partial charge < -0.3 is 10.4 Å². The summed E-state index contributed by atoms with van der Waals surface area (Å²) in [6.07, 6.45) is 0. The van der Waals surface area contributed by atoms with E-state index in [0.717, 1.165) is 23.8 Å². The van der Waals surface area contributed by atoms with Crippen LogP contribution in [0.5, 0.6) is 5.75 Å². The molecule has 0 atom stereocenters. The molecule has 0 aliphatic heterocycles. The largest absolute Gasteiger partial charge is 0.508 e. The van der Waals surface area contributed by atoms with E-state index in [9.17, 15) is 20.0 Å². The molecule has 0 bridgehead atoms. The molecule has 2 N–H and O–H groups in total. The first kappa shape index (κ1) is 14.8. The van der Waals surface area contributed by atoms with E-state index in [-0.39, 0.29) is 11.3 Å². The monoisotopic (exact) mass is 306 g/mol. The molecule has 0 heterocycles. The summed E-state index contributed by atoms with van der Waals surface area (Å²) in [6, 6.07) is 8.34. The number of rotatable bonds is 3. The second kappa shape index (κ2) is 5.80. The van der Waals surface area contributed by atoms with Crippen LogP contribution in [0, 0.1) is 17.0 Å². The first-order chi connectivity index (χ1) is 9.90. The Morgan fingerprint density at radius 3 is 2.67 bits per heavy atom.